The Bertz CT molecular complexity index is 64.6. The first kappa shape index (κ1) is 7.03. The Balaban J connectivity index is 2.08. The van der Waals surface area contributed by atoms with Gasteiger partial charge in [0.2, 0.25) is 0 Å². The summed E-state index contributed by atoms with van der Waals surface area (Å²) in [7, 11) is 0. The van der Waals surface area contributed by atoms with E-state index in [1.165, 1.54) is 32.4 Å². The van der Waals surface area contributed by atoms with Gasteiger partial charge in [-0.1, -0.05) is 6.42 Å². The van der Waals surface area contributed by atoms with Gasteiger partial charge in [-0.3, -0.25) is 5.43 Å². The summed E-state index contributed by atoms with van der Waals surface area (Å²) in [5.74, 6) is 0. The van der Waals surface area contributed by atoms with Crippen LogP contribution >= 0.6 is 0 Å². The van der Waals surface area contributed by atoms with Crippen molar-refractivity contribution in [1.82, 2.24) is 10.4 Å². The van der Waals surface area contributed by atoms with Gasteiger partial charge in [-0.05, 0) is 19.8 Å². The molecule has 53 valence electrons. The van der Waals surface area contributed by atoms with Gasteiger partial charge >= 0.3 is 0 Å². The summed E-state index contributed by atoms with van der Waals surface area (Å²) in [6, 6.07) is 0. The van der Waals surface area contributed by atoms with Crippen LogP contribution in [0.25, 0.3) is 0 Å². The van der Waals surface area contributed by atoms with E-state index in [4.69, 9.17) is 0 Å². The molecule has 2 heteroatoms. The molecule has 2 nitrogen and oxygen atoms in total. The highest BCUT2D eigenvalue weighted by Gasteiger charge is 2.06. The molecule has 1 fully saturated rings. The van der Waals surface area contributed by atoms with Crippen LogP contribution in [0.15, 0.2) is 0 Å². The molecule has 0 aromatic carbocycles. The van der Waals surface area contributed by atoms with Crippen molar-refractivity contribution in [2.45, 2.75) is 26.2 Å². The average molecular weight is 127 g/mol. The van der Waals surface area contributed by atoms with Crippen molar-refractivity contribution in [3.05, 3.63) is 6.54 Å². The van der Waals surface area contributed by atoms with Gasteiger partial charge in [-0.2, -0.15) is 0 Å². The topological polar surface area (TPSA) is 15.3 Å². The number of nitrogens with zero attached hydrogens (tertiary/aromatic N) is 1. The average Bonchev–Trinajstić information content (AvgIpc) is 1.91. The molecule has 0 aromatic rings. The minimum absolute atomic E-state index is 1.21. The number of hydrogen-bond acceptors (Lipinski definition) is 2. The lowest BCUT2D eigenvalue weighted by Crippen LogP contribution is -2.39. The lowest BCUT2D eigenvalue weighted by molar-refractivity contribution is 0.173. The van der Waals surface area contributed by atoms with Gasteiger partial charge in [0, 0.05) is 19.6 Å². The second kappa shape index (κ2) is 3.85. The van der Waals surface area contributed by atoms with Gasteiger partial charge in [-0.15, -0.1) is 0 Å². The second-order valence-corrected chi connectivity index (χ2v) is 2.47. The van der Waals surface area contributed by atoms with Crippen molar-refractivity contribution in [2.24, 2.45) is 0 Å². The maximum absolute atomic E-state index is 3.19. The van der Waals surface area contributed by atoms with Crippen LogP contribution in [0.5, 0.6) is 0 Å². The highest BCUT2D eigenvalue weighted by molar-refractivity contribution is 4.62. The fourth-order valence-corrected chi connectivity index (χ4v) is 1.21. The Morgan fingerprint density at radius 3 is 2.44 bits per heavy atom. The van der Waals surface area contributed by atoms with Gasteiger partial charge in [0.05, 0.1) is 0 Å². The van der Waals surface area contributed by atoms with Crippen LogP contribution in [0.3, 0.4) is 0 Å². The van der Waals surface area contributed by atoms with E-state index in [1.54, 1.807) is 0 Å². The number of rotatable bonds is 2. The Kier molecular flexibility index (Phi) is 3.01. The Morgan fingerprint density at radius 2 is 1.89 bits per heavy atom. The summed E-state index contributed by atoms with van der Waals surface area (Å²) >= 11 is 0. The predicted octanol–water partition coefficient (Wildman–Crippen LogP) is 1.16. The molecule has 0 atom stereocenters. The van der Waals surface area contributed by atoms with Crippen molar-refractivity contribution in [3.8, 4) is 0 Å². The molecule has 1 aliphatic heterocycles. The molecule has 0 aliphatic carbocycles. The van der Waals surface area contributed by atoms with E-state index in [0.29, 0.717) is 0 Å². The van der Waals surface area contributed by atoms with E-state index >= 15 is 0 Å². The zero-order valence-corrected chi connectivity index (χ0v) is 6.06. The summed E-state index contributed by atoms with van der Waals surface area (Å²) in [6.45, 7) is 6.44. The Morgan fingerprint density at radius 1 is 1.22 bits per heavy atom. The molecule has 0 amide bonds. The molecule has 0 bridgehead atoms. The SMILES string of the molecule is C[CH]NN1CCCCC1. The molecule has 1 aliphatic rings. The standard InChI is InChI=1S/C7H15N2/c1-2-8-9-6-4-3-5-7-9/h2,8H,3-7H2,1H3. The minimum Gasteiger partial charge on any atom is -0.251 e. The van der Waals surface area contributed by atoms with Crippen molar-refractivity contribution in [1.29, 1.82) is 0 Å². The summed E-state index contributed by atoms with van der Waals surface area (Å²) in [6.07, 6.45) is 4.10. The molecule has 1 rings (SSSR count). The number of hydrogen-bond donors (Lipinski definition) is 1. The zero-order valence-electron chi connectivity index (χ0n) is 6.06. The van der Waals surface area contributed by atoms with E-state index in [0.717, 1.165) is 0 Å². The molecule has 9 heavy (non-hydrogen) atoms. The highest BCUT2D eigenvalue weighted by atomic mass is 15.5. The van der Waals surface area contributed by atoms with Crippen molar-refractivity contribution >= 4 is 0 Å². The number of nitrogens with one attached hydrogen (secondary N) is 1. The molecule has 1 N–H and O–H groups in total. The van der Waals surface area contributed by atoms with Crippen molar-refractivity contribution in [2.75, 3.05) is 13.1 Å². The molecule has 1 heterocycles. The van der Waals surface area contributed by atoms with Gasteiger partial charge in [-0.25, -0.2) is 5.01 Å². The van der Waals surface area contributed by atoms with Crippen LogP contribution < -0.4 is 5.43 Å². The molecule has 1 saturated heterocycles. The Hall–Kier alpha value is -0.0800. The predicted molar refractivity (Wildman–Crippen MR) is 38.5 cm³/mol. The smallest absolute Gasteiger partial charge is 0.0351 e. The molecule has 0 aromatic heterocycles. The number of piperidine rings is 1. The van der Waals surface area contributed by atoms with Crippen LogP contribution in [0.4, 0.5) is 0 Å². The van der Waals surface area contributed by atoms with Gasteiger partial charge in [0.1, 0.15) is 0 Å². The maximum atomic E-state index is 3.19. The van der Waals surface area contributed by atoms with Crippen LogP contribution in [0.2, 0.25) is 0 Å². The van der Waals surface area contributed by atoms with Crippen LogP contribution in [-0.4, -0.2) is 18.1 Å². The molecule has 0 saturated carbocycles. The summed E-state index contributed by atoms with van der Waals surface area (Å²) < 4.78 is 0. The highest BCUT2D eigenvalue weighted by Crippen LogP contribution is 2.05. The third-order valence-electron chi connectivity index (χ3n) is 1.67. The van der Waals surface area contributed by atoms with E-state index in [1.807, 2.05) is 13.5 Å². The van der Waals surface area contributed by atoms with Gasteiger partial charge < -0.3 is 0 Å². The summed E-state index contributed by atoms with van der Waals surface area (Å²) in [5.41, 5.74) is 3.19. The molecular weight excluding hydrogens is 112 g/mol. The largest absolute Gasteiger partial charge is 0.251 e. The van der Waals surface area contributed by atoms with Crippen LogP contribution in [0.1, 0.15) is 26.2 Å². The zero-order chi connectivity index (χ0) is 6.53. The fraction of sp³-hybridized carbons (Fsp3) is 0.857. The third kappa shape index (κ3) is 2.33. The fourth-order valence-electron chi connectivity index (χ4n) is 1.21. The van der Waals surface area contributed by atoms with Crippen molar-refractivity contribution < 1.29 is 0 Å². The minimum atomic E-state index is 1.21. The lowest BCUT2D eigenvalue weighted by Gasteiger charge is -2.26. The van der Waals surface area contributed by atoms with Crippen molar-refractivity contribution in [3.63, 3.8) is 0 Å². The van der Waals surface area contributed by atoms with E-state index < -0.39 is 0 Å². The molecular formula is C7H15N2. The first-order valence-corrected chi connectivity index (χ1v) is 3.72. The van der Waals surface area contributed by atoms with Gasteiger partial charge in [0.15, 0.2) is 0 Å². The molecule has 1 radical (unpaired) electrons. The quantitative estimate of drug-likeness (QED) is 0.598. The second-order valence-electron chi connectivity index (χ2n) is 2.47. The number of hydrazine groups is 1. The van der Waals surface area contributed by atoms with Crippen LogP contribution in [0, 0.1) is 6.54 Å². The monoisotopic (exact) mass is 127 g/mol. The molecule has 0 spiro atoms. The Labute approximate surface area is 57.2 Å². The summed E-state index contributed by atoms with van der Waals surface area (Å²) in [5, 5.41) is 2.27. The van der Waals surface area contributed by atoms with Crippen LogP contribution in [-0.2, 0) is 0 Å². The van der Waals surface area contributed by atoms with E-state index in [-0.39, 0.29) is 0 Å². The normalized spacial score (nSPS) is 22.3. The third-order valence-corrected chi connectivity index (χ3v) is 1.67. The first-order chi connectivity index (χ1) is 4.43. The lowest BCUT2D eigenvalue weighted by atomic mass is 10.2. The van der Waals surface area contributed by atoms with Gasteiger partial charge in [0.25, 0.3) is 0 Å². The van der Waals surface area contributed by atoms with E-state index in [2.05, 4.69) is 10.4 Å². The molecule has 0 unspecified atom stereocenters. The maximum Gasteiger partial charge on any atom is 0.0351 e. The summed E-state index contributed by atoms with van der Waals surface area (Å²) in [4.78, 5) is 0. The first-order valence-electron chi connectivity index (χ1n) is 3.72. The van der Waals surface area contributed by atoms with E-state index in [9.17, 15) is 0 Å².